The second-order valence-corrected chi connectivity index (χ2v) is 6.12. The molecule has 3 atom stereocenters. The van der Waals surface area contributed by atoms with Gasteiger partial charge in [-0.05, 0) is 49.3 Å². The van der Waals surface area contributed by atoms with E-state index in [0.29, 0.717) is 6.04 Å². The largest absolute Gasteiger partial charge is 0.495 e. The minimum Gasteiger partial charge on any atom is -0.495 e. The average molecular weight is 276 g/mol. The fourth-order valence-electron chi connectivity index (χ4n) is 3.36. The monoisotopic (exact) mass is 276 g/mol. The molecule has 0 saturated heterocycles. The van der Waals surface area contributed by atoms with Crippen LogP contribution in [0.5, 0.6) is 5.75 Å². The van der Waals surface area contributed by atoms with Crippen LogP contribution >= 0.6 is 0 Å². The van der Waals surface area contributed by atoms with Gasteiger partial charge in [0.25, 0.3) is 0 Å². The van der Waals surface area contributed by atoms with Crippen LogP contribution in [0.2, 0.25) is 0 Å². The Kier molecular flexibility index (Phi) is 5.84. The van der Waals surface area contributed by atoms with E-state index in [1.807, 2.05) is 6.20 Å². The van der Waals surface area contributed by atoms with E-state index in [1.54, 1.807) is 13.3 Å². The van der Waals surface area contributed by atoms with E-state index in [4.69, 9.17) is 4.74 Å². The molecule has 1 fully saturated rings. The van der Waals surface area contributed by atoms with E-state index in [1.165, 1.54) is 31.2 Å². The Labute approximate surface area is 123 Å². The number of methoxy groups -OCH3 is 1. The Hall–Kier alpha value is -1.09. The highest BCUT2D eigenvalue weighted by atomic mass is 16.5. The minimum atomic E-state index is 0.417. The summed E-state index contributed by atoms with van der Waals surface area (Å²) in [4.78, 5) is 4.33. The van der Waals surface area contributed by atoms with Crippen molar-refractivity contribution < 1.29 is 4.74 Å². The molecule has 0 aromatic carbocycles. The molecule has 0 amide bonds. The van der Waals surface area contributed by atoms with Gasteiger partial charge in [0.1, 0.15) is 5.75 Å². The number of aromatic nitrogens is 1. The summed E-state index contributed by atoms with van der Waals surface area (Å²) in [6.07, 6.45) is 10.3. The third-order valence-corrected chi connectivity index (χ3v) is 4.39. The number of hydrogen-bond acceptors (Lipinski definition) is 3. The molecule has 0 aliphatic heterocycles. The first kappa shape index (κ1) is 15.3. The van der Waals surface area contributed by atoms with Crippen molar-refractivity contribution >= 4 is 0 Å². The van der Waals surface area contributed by atoms with Gasteiger partial charge in [0.15, 0.2) is 0 Å². The minimum absolute atomic E-state index is 0.417. The third-order valence-electron chi connectivity index (χ3n) is 4.39. The zero-order valence-corrected chi connectivity index (χ0v) is 13.1. The van der Waals surface area contributed by atoms with Crippen LogP contribution in [0, 0.1) is 11.8 Å². The highest BCUT2D eigenvalue weighted by Crippen LogP contribution is 2.37. The average Bonchev–Trinajstić information content (AvgIpc) is 2.48. The standard InChI is InChI=1S/C17H28N2O/c1-4-8-19-17(14-7-5-6-13(2)9-14)15-10-16(20-3)12-18-11-15/h10-14,17,19H,4-9H2,1-3H3. The van der Waals surface area contributed by atoms with E-state index in [-0.39, 0.29) is 0 Å². The van der Waals surface area contributed by atoms with Gasteiger partial charge in [-0.15, -0.1) is 0 Å². The first-order valence-electron chi connectivity index (χ1n) is 7.97. The summed E-state index contributed by atoms with van der Waals surface area (Å²) in [5.74, 6) is 2.42. The lowest BCUT2D eigenvalue weighted by atomic mass is 9.77. The Bertz CT molecular complexity index is 408. The van der Waals surface area contributed by atoms with Crippen molar-refractivity contribution in [1.29, 1.82) is 0 Å². The van der Waals surface area contributed by atoms with Crippen molar-refractivity contribution in [1.82, 2.24) is 10.3 Å². The predicted molar refractivity (Wildman–Crippen MR) is 82.9 cm³/mol. The van der Waals surface area contributed by atoms with Gasteiger partial charge < -0.3 is 10.1 Å². The zero-order valence-electron chi connectivity index (χ0n) is 13.1. The maximum absolute atomic E-state index is 5.33. The molecule has 2 rings (SSSR count). The summed E-state index contributed by atoms with van der Waals surface area (Å²) < 4.78 is 5.33. The summed E-state index contributed by atoms with van der Waals surface area (Å²) in [5.41, 5.74) is 1.27. The van der Waals surface area contributed by atoms with Gasteiger partial charge in [-0.3, -0.25) is 4.98 Å². The van der Waals surface area contributed by atoms with Gasteiger partial charge in [0.05, 0.1) is 13.3 Å². The molecular weight excluding hydrogens is 248 g/mol. The van der Waals surface area contributed by atoms with Gasteiger partial charge in [-0.2, -0.15) is 0 Å². The van der Waals surface area contributed by atoms with Gasteiger partial charge in [-0.25, -0.2) is 0 Å². The highest BCUT2D eigenvalue weighted by molar-refractivity contribution is 5.26. The van der Waals surface area contributed by atoms with Crippen LogP contribution in [0.25, 0.3) is 0 Å². The van der Waals surface area contributed by atoms with Gasteiger partial charge in [-0.1, -0.05) is 26.7 Å². The Morgan fingerprint density at radius 3 is 2.95 bits per heavy atom. The fourth-order valence-corrected chi connectivity index (χ4v) is 3.36. The van der Waals surface area contributed by atoms with Crippen LogP contribution in [0.3, 0.4) is 0 Å². The van der Waals surface area contributed by atoms with Crippen molar-refractivity contribution in [3.63, 3.8) is 0 Å². The molecule has 3 unspecified atom stereocenters. The molecule has 1 aromatic heterocycles. The number of rotatable bonds is 6. The van der Waals surface area contributed by atoms with Crippen LogP contribution in [-0.4, -0.2) is 18.6 Å². The van der Waals surface area contributed by atoms with Crippen molar-refractivity contribution in [3.8, 4) is 5.75 Å². The first-order chi connectivity index (χ1) is 9.74. The topological polar surface area (TPSA) is 34.2 Å². The molecule has 0 bridgehead atoms. The molecule has 112 valence electrons. The molecule has 1 heterocycles. The Morgan fingerprint density at radius 2 is 2.25 bits per heavy atom. The number of hydrogen-bond donors (Lipinski definition) is 1. The second-order valence-electron chi connectivity index (χ2n) is 6.12. The van der Waals surface area contributed by atoms with Crippen molar-refractivity contribution in [2.45, 2.75) is 52.0 Å². The van der Waals surface area contributed by atoms with Gasteiger partial charge in [0.2, 0.25) is 0 Å². The van der Waals surface area contributed by atoms with E-state index >= 15 is 0 Å². The van der Waals surface area contributed by atoms with Crippen LogP contribution in [0.4, 0.5) is 0 Å². The first-order valence-corrected chi connectivity index (χ1v) is 7.97. The second kappa shape index (κ2) is 7.63. The normalized spacial score (nSPS) is 24.4. The molecule has 1 saturated carbocycles. The summed E-state index contributed by atoms with van der Waals surface area (Å²) in [6, 6.07) is 2.56. The third kappa shape index (κ3) is 3.95. The molecule has 3 nitrogen and oxygen atoms in total. The number of nitrogens with zero attached hydrogens (tertiary/aromatic N) is 1. The number of nitrogens with one attached hydrogen (secondary N) is 1. The Balaban J connectivity index is 2.16. The summed E-state index contributed by atoms with van der Waals surface area (Å²) in [7, 11) is 1.71. The SMILES string of the molecule is CCCNC(c1cncc(OC)c1)C1CCCC(C)C1. The van der Waals surface area contributed by atoms with Crippen molar-refractivity contribution in [3.05, 3.63) is 24.0 Å². The van der Waals surface area contributed by atoms with E-state index in [2.05, 4.69) is 30.2 Å². The van der Waals surface area contributed by atoms with Crippen LogP contribution in [0.1, 0.15) is 57.6 Å². The van der Waals surface area contributed by atoms with E-state index in [9.17, 15) is 0 Å². The van der Waals surface area contributed by atoms with E-state index in [0.717, 1.165) is 30.6 Å². The van der Waals surface area contributed by atoms with Gasteiger partial charge >= 0.3 is 0 Å². The molecule has 0 spiro atoms. The smallest absolute Gasteiger partial charge is 0.137 e. The van der Waals surface area contributed by atoms with E-state index < -0.39 is 0 Å². The molecule has 1 aliphatic rings. The predicted octanol–water partition coefficient (Wildman–Crippen LogP) is 3.96. The van der Waals surface area contributed by atoms with Crippen molar-refractivity contribution in [2.75, 3.05) is 13.7 Å². The van der Waals surface area contributed by atoms with Crippen LogP contribution in [0.15, 0.2) is 18.5 Å². The van der Waals surface area contributed by atoms with Crippen LogP contribution < -0.4 is 10.1 Å². The number of pyridine rings is 1. The molecular formula is C17H28N2O. The molecule has 20 heavy (non-hydrogen) atoms. The highest BCUT2D eigenvalue weighted by Gasteiger charge is 2.27. The lowest BCUT2D eigenvalue weighted by Gasteiger charge is -2.34. The molecule has 1 aromatic rings. The van der Waals surface area contributed by atoms with Crippen LogP contribution in [-0.2, 0) is 0 Å². The molecule has 1 N–H and O–H groups in total. The van der Waals surface area contributed by atoms with Crippen molar-refractivity contribution in [2.24, 2.45) is 11.8 Å². The lowest BCUT2D eigenvalue weighted by molar-refractivity contribution is 0.223. The molecule has 0 radical (unpaired) electrons. The molecule has 3 heteroatoms. The molecule has 1 aliphatic carbocycles. The maximum atomic E-state index is 5.33. The lowest BCUT2D eigenvalue weighted by Crippen LogP contribution is -2.32. The number of ether oxygens (including phenoxy) is 1. The van der Waals surface area contributed by atoms with Gasteiger partial charge in [0, 0.05) is 12.2 Å². The Morgan fingerprint density at radius 1 is 1.40 bits per heavy atom. The summed E-state index contributed by atoms with van der Waals surface area (Å²) >= 11 is 0. The summed E-state index contributed by atoms with van der Waals surface area (Å²) in [5, 5.41) is 3.73. The quantitative estimate of drug-likeness (QED) is 0.854. The zero-order chi connectivity index (χ0) is 14.4. The summed E-state index contributed by atoms with van der Waals surface area (Å²) in [6.45, 7) is 5.66. The maximum Gasteiger partial charge on any atom is 0.137 e. The fraction of sp³-hybridized carbons (Fsp3) is 0.706.